The second-order valence-electron chi connectivity index (χ2n) is 6.81. The van der Waals surface area contributed by atoms with E-state index >= 15 is 0 Å². The molecule has 2 bridgehead atoms. The van der Waals surface area contributed by atoms with Gasteiger partial charge in [0.2, 0.25) is 11.8 Å². The first kappa shape index (κ1) is 12.9. The van der Waals surface area contributed by atoms with Gasteiger partial charge in [0, 0.05) is 6.04 Å². The molecule has 0 aromatic heterocycles. The largest absolute Gasteiger partial charge is 0.340 e. The first-order valence-corrected chi connectivity index (χ1v) is 7.61. The number of nitrogens with zero attached hydrogens (tertiary/aromatic N) is 1. The summed E-state index contributed by atoms with van der Waals surface area (Å²) in [5.74, 6) is 1.54. The molecule has 3 aliphatic rings. The number of hydrogen-bond donors (Lipinski definition) is 1. The van der Waals surface area contributed by atoms with Gasteiger partial charge in [-0.3, -0.25) is 9.59 Å². The fourth-order valence-electron chi connectivity index (χ4n) is 4.25. The molecule has 3 fully saturated rings. The van der Waals surface area contributed by atoms with E-state index in [1.807, 2.05) is 25.7 Å². The van der Waals surface area contributed by atoms with Crippen molar-refractivity contribution in [1.82, 2.24) is 10.2 Å². The molecule has 0 radical (unpaired) electrons. The van der Waals surface area contributed by atoms with Gasteiger partial charge in [0.25, 0.3) is 0 Å². The number of fused-ring (bicyclic) bond motifs is 2. The van der Waals surface area contributed by atoms with Crippen molar-refractivity contribution in [3.63, 3.8) is 0 Å². The lowest BCUT2D eigenvalue weighted by Crippen LogP contribution is -2.70. The van der Waals surface area contributed by atoms with Crippen LogP contribution in [-0.4, -0.2) is 34.3 Å². The summed E-state index contributed by atoms with van der Waals surface area (Å²) in [5, 5.41) is 2.91. The van der Waals surface area contributed by atoms with Crippen LogP contribution in [0.25, 0.3) is 0 Å². The van der Waals surface area contributed by atoms with Gasteiger partial charge in [-0.15, -0.1) is 0 Å². The Bertz CT molecular complexity index is 422. The fourth-order valence-corrected chi connectivity index (χ4v) is 4.25. The first-order valence-electron chi connectivity index (χ1n) is 7.61. The maximum atomic E-state index is 12.8. The monoisotopic (exact) mass is 264 g/mol. The summed E-state index contributed by atoms with van der Waals surface area (Å²) in [7, 11) is 0. The quantitative estimate of drug-likeness (QED) is 0.825. The average molecular weight is 264 g/mol. The number of carbonyl (C=O) groups is 2. The minimum absolute atomic E-state index is 0.00623. The van der Waals surface area contributed by atoms with Gasteiger partial charge in [0.05, 0.1) is 0 Å². The summed E-state index contributed by atoms with van der Waals surface area (Å²) >= 11 is 0. The van der Waals surface area contributed by atoms with Gasteiger partial charge in [-0.1, -0.05) is 13.3 Å². The Kier molecular flexibility index (Phi) is 2.88. The average Bonchev–Trinajstić information content (AvgIpc) is 2.99. The molecule has 1 N–H and O–H groups in total. The third-order valence-corrected chi connectivity index (χ3v) is 5.67. The number of nitrogens with one attached hydrogen (secondary N) is 1. The molecule has 0 spiro atoms. The number of piperazine rings is 1. The summed E-state index contributed by atoms with van der Waals surface area (Å²) in [6.45, 7) is 5.70. The fraction of sp³-hybridized carbons (Fsp3) is 0.867. The van der Waals surface area contributed by atoms with Crippen LogP contribution in [0.2, 0.25) is 0 Å². The molecule has 1 aliphatic heterocycles. The molecule has 19 heavy (non-hydrogen) atoms. The lowest BCUT2D eigenvalue weighted by atomic mass is 9.87. The van der Waals surface area contributed by atoms with Crippen molar-refractivity contribution in [2.75, 3.05) is 0 Å². The molecule has 5 unspecified atom stereocenters. The highest BCUT2D eigenvalue weighted by Crippen LogP contribution is 2.47. The van der Waals surface area contributed by atoms with Gasteiger partial charge >= 0.3 is 0 Å². The van der Waals surface area contributed by atoms with E-state index in [1.165, 1.54) is 19.3 Å². The van der Waals surface area contributed by atoms with E-state index in [1.54, 1.807) is 0 Å². The molecule has 1 heterocycles. The predicted molar refractivity (Wildman–Crippen MR) is 72.4 cm³/mol. The second-order valence-corrected chi connectivity index (χ2v) is 6.81. The van der Waals surface area contributed by atoms with Crippen molar-refractivity contribution in [3.05, 3.63) is 0 Å². The molecule has 4 nitrogen and oxygen atoms in total. The van der Waals surface area contributed by atoms with Crippen LogP contribution < -0.4 is 5.32 Å². The van der Waals surface area contributed by atoms with Crippen molar-refractivity contribution in [2.45, 2.75) is 70.5 Å². The van der Waals surface area contributed by atoms with Gasteiger partial charge in [0.15, 0.2) is 0 Å². The van der Waals surface area contributed by atoms with Crippen LogP contribution in [0.15, 0.2) is 0 Å². The Morgan fingerprint density at radius 3 is 2.58 bits per heavy atom. The minimum Gasteiger partial charge on any atom is -0.340 e. The number of rotatable bonds is 2. The van der Waals surface area contributed by atoms with E-state index in [9.17, 15) is 9.59 Å². The zero-order chi connectivity index (χ0) is 13.8. The molecule has 5 atom stereocenters. The van der Waals surface area contributed by atoms with Crippen LogP contribution in [-0.2, 0) is 9.59 Å². The second kappa shape index (κ2) is 4.22. The van der Waals surface area contributed by atoms with Crippen LogP contribution in [0, 0.1) is 11.8 Å². The van der Waals surface area contributed by atoms with Crippen LogP contribution in [0.1, 0.15) is 52.9 Å². The third kappa shape index (κ3) is 1.79. The van der Waals surface area contributed by atoms with Crippen molar-refractivity contribution in [1.29, 1.82) is 0 Å². The molecule has 2 amide bonds. The zero-order valence-electron chi connectivity index (χ0n) is 12.1. The summed E-state index contributed by atoms with van der Waals surface area (Å²) < 4.78 is 0. The van der Waals surface area contributed by atoms with Crippen molar-refractivity contribution < 1.29 is 9.59 Å². The maximum Gasteiger partial charge on any atom is 0.248 e. The predicted octanol–water partition coefficient (Wildman–Crippen LogP) is 1.69. The Morgan fingerprint density at radius 1 is 1.32 bits per heavy atom. The van der Waals surface area contributed by atoms with E-state index in [0.717, 1.165) is 12.3 Å². The molecule has 2 aliphatic carbocycles. The molecule has 4 heteroatoms. The van der Waals surface area contributed by atoms with Gasteiger partial charge in [-0.2, -0.15) is 0 Å². The molecular weight excluding hydrogens is 240 g/mol. The standard InChI is InChI=1S/C15H24N2O2/c1-4-15(3)14(19)17(9(2)13(18)16-15)12-8-10-5-6-11(12)7-10/h9-12H,4-8H2,1-3H3,(H,16,18). The van der Waals surface area contributed by atoms with Gasteiger partial charge < -0.3 is 10.2 Å². The number of hydrogen-bond acceptors (Lipinski definition) is 2. The topological polar surface area (TPSA) is 49.4 Å². The molecule has 3 rings (SSSR count). The number of amides is 2. The van der Waals surface area contributed by atoms with E-state index in [-0.39, 0.29) is 17.9 Å². The highest BCUT2D eigenvalue weighted by atomic mass is 16.2. The normalized spacial score (nSPS) is 45.7. The van der Waals surface area contributed by atoms with Gasteiger partial charge in [0.1, 0.15) is 11.6 Å². The summed E-state index contributed by atoms with van der Waals surface area (Å²) in [4.78, 5) is 26.9. The van der Waals surface area contributed by atoms with E-state index in [4.69, 9.17) is 0 Å². The van der Waals surface area contributed by atoms with Crippen LogP contribution in [0.3, 0.4) is 0 Å². The van der Waals surface area contributed by atoms with E-state index in [0.29, 0.717) is 18.4 Å². The van der Waals surface area contributed by atoms with Gasteiger partial charge in [-0.25, -0.2) is 0 Å². The molecule has 0 aromatic rings. The maximum absolute atomic E-state index is 12.8. The van der Waals surface area contributed by atoms with Crippen molar-refractivity contribution >= 4 is 11.8 Å². The molecule has 1 saturated heterocycles. The highest BCUT2D eigenvalue weighted by Gasteiger charge is 2.52. The lowest BCUT2D eigenvalue weighted by molar-refractivity contribution is -0.157. The Balaban J connectivity index is 1.89. The van der Waals surface area contributed by atoms with E-state index < -0.39 is 5.54 Å². The molecule has 2 saturated carbocycles. The van der Waals surface area contributed by atoms with Crippen molar-refractivity contribution in [3.8, 4) is 0 Å². The lowest BCUT2D eigenvalue weighted by Gasteiger charge is -2.47. The SMILES string of the molecule is CCC1(C)NC(=O)C(C)N(C2CC3CCC2C3)C1=O. The van der Waals surface area contributed by atoms with Crippen LogP contribution >= 0.6 is 0 Å². The molecule has 0 aromatic carbocycles. The van der Waals surface area contributed by atoms with Crippen molar-refractivity contribution in [2.24, 2.45) is 11.8 Å². The Hall–Kier alpha value is -1.06. The summed E-state index contributed by atoms with van der Waals surface area (Å²) in [6, 6.07) is -0.00495. The van der Waals surface area contributed by atoms with Gasteiger partial charge in [-0.05, 0) is 51.4 Å². The molecular formula is C15H24N2O2. The van der Waals surface area contributed by atoms with Crippen LogP contribution in [0.4, 0.5) is 0 Å². The first-order chi connectivity index (χ1) is 8.96. The summed E-state index contributed by atoms with van der Waals surface area (Å²) in [6.07, 6.45) is 5.56. The zero-order valence-corrected chi connectivity index (χ0v) is 12.1. The minimum atomic E-state index is -0.703. The number of carbonyl (C=O) groups excluding carboxylic acids is 2. The Labute approximate surface area is 114 Å². The third-order valence-electron chi connectivity index (χ3n) is 5.67. The Morgan fingerprint density at radius 2 is 2.05 bits per heavy atom. The van der Waals surface area contributed by atoms with Crippen LogP contribution in [0.5, 0.6) is 0 Å². The highest BCUT2D eigenvalue weighted by molar-refractivity contribution is 5.99. The summed E-state index contributed by atoms with van der Waals surface area (Å²) in [5.41, 5.74) is -0.703. The smallest absolute Gasteiger partial charge is 0.248 e. The van der Waals surface area contributed by atoms with E-state index in [2.05, 4.69) is 5.32 Å². The molecule has 106 valence electrons.